The van der Waals surface area contributed by atoms with Crippen LogP contribution in [-0.2, 0) is 20.9 Å². The van der Waals surface area contributed by atoms with Gasteiger partial charge < -0.3 is 31.5 Å². The molecule has 1 aromatic rings. The van der Waals surface area contributed by atoms with Gasteiger partial charge in [0.25, 0.3) is 0 Å². The van der Waals surface area contributed by atoms with Crippen LogP contribution in [0, 0.1) is 17.2 Å². The fourth-order valence-electron chi connectivity index (χ4n) is 5.24. The number of likely N-dealkylation sites (tertiary alicyclic amines) is 1. The molecule has 2 amide bonds. The second-order valence-electron chi connectivity index (χ2n) is 8.98. The number of aliphatic carboxylic acids is 1. The van der Waals surface area contributed by atoms with Gasteiger partial charge in [0.2, 0.25) is 11.8 Å². The number of aromatic nitrogens is 4. The molecular formula is C19H28N10O5. The molecule has 2 saturated heterocycles. The van der Waals surface area contributed by atoms with Crippen molar-refractivity contribution in [1.82, 2.24) is 40.6 Å². The number of hydrogen-bond acceptors (Lipinski definition) is 9. The monoisotopic (exact) mass is 476 g/mol. The summed E-state index contributed by atoms with van der Waals surface area (Å²) in [5.74, 6) is -2.99. The maximum Gasteiger partial charge on any atom is 0.352 e. The normalized spacial score (nSPS) is 29.6. The van der Waals surface area contributed by atoms with E-state index in [1.807, 2.05) is 11.8 Å². The van der Waals surface area contributed by atoms with Gasteiger partial charge in [-0.15, -0.1) is 5.10 Å². The van der Waals surface area contributed by atoms with Crippen LogP contribution in [0.15, 0.2) is 17.6 Å². The van der Waals surface area contributed by atoms with E-state index in [1.165, 1.54) is 15.9 Å². The standard InChI is InChI=1S/C19H28N10O5/c1-8-10(3-27-4-11(12(30)5-27)24-19(20)21)16(18(33)34)29-15(8)14(17(29)32)9(2)23-13(31)6-28-7-22-25-26-28/h7-9,11-12,14-15,30H,3-6H2,1-2H3,(H,23,31)(H,33,34)(H4,20,21,24)/t8-,9+,11-,12-,14+,15+/m0/s1. The third-order valence-corrected chi connectivity index (χ3v) is 6.72. The molecule has 4 heterocycles. The molecule has 7 N–H and O–H groups in total. The van der Waals surface area contributed by atoms with Gasteiger partial charge in [-0.2, -0.15) is 0 Å². The van der Waals surface area contributed by atoms with Gasteiger partial charge in [-0.25, -0.2) is 9.48 Å². The number of rotatable bonds is 8. The lowest BCUT2D eigenvalue weighted by Crippen LogP contribution is -2.66. The van der Waals surface area contributed by atoms with Crippen molar-refractivity contribution in [3.63, 3.8) is 0 Å². The molecule has 0 radical (unpaired) electrons. The van der Waals surface area contributed by atoms with Crippen molar-refractivity contribution in [3.05, 3.63) is 17.6 Å². The first-order valence-corrected chi connectivity index (χ1v) is 10.9. The Hall–Kier alpha value is -3.59. The van der Waals surface area contributed by atoms with Gasteiger partial charge in [-0.05, 0) is 22.9 Å². The number of carboxylic acid groups (broad SMARTS) is 1. The van der Waals surface area contributed by atoms with E-state index in [0.29, 0.717) is 12.1 Å². The zero-order chi connectivity index (χ0) is 24.7. The molecule has 15 nitrogen and oxygen atoms in total. The topological polar surface area (TPSA) is 216 Å². The molecule has 1 aromatic heterocycles. The molecule has 34 heavy (non-hydrogen) atoms. The summed E-state index contributed by atoms with van der Waals surface area (Å²) in [7, 11) is 0. The number of nitrogens with one attached hydrogen (secondary N) is 3. The lowest BCUT2D eigenvalue weighted by molar-refractivity contribution is -0.158. The summed E-state index contributed by atoms with van der Waals surface area (Å²) >= 11 is 0. The smallest absolute Gasteiger partial charge is 0.352 e. The van der Waals surface area contributed by atoms with E-state index in [-0.39, 0.29) is 49.0 Å². The highest BCUT2D eigenvalue weighted by atomic mass is 16.4. The van der Waals surface area contributed by atoms with Crippen LogP contribution in [-0.4, -0.2) is 108 Å². The number of carboxylic acids is 1. The Kier molecular flexibility index (Phi) is 6.22. The largest absolute Gasteiger partial charge is 0.477 e. The van der Waals surface area contributed by atoms with Crippen LogP contribution in [0.1, 0.15) is 13.8 Å². The predicted octanol–water partition coefficient (Wildman–Crippen LogP) is -3.48. The summed E-state index contributed by atoms with van der Waals surface area (Å²) in [6.07, 6.45) is 0.539. The Morgan fingerprint density at radius 1 is 1.38 bits per heavy atom. The number of aliphatic hydroxyl groups excluding tert-OH is 1. The Morgan fingerprint density at radius 2 is 2.12 bits per heavy atom. The van der Waals surface area contributed by atoms with Crippen molar-refractivity contribution >= 4 is 23.7 Å². The average Bonchev–Trinajstić information content (AvgIpc) is 3.41. The summed E-state index contributed by atoms with van der Waals surface area (Å²) in [4.78, 5) is 40.6. The summed E-state index contributed by atoms with van der Waals surface area (Å²) in [5, 5.41) is 43.6. The zero-order valence-electron chi connectivity index (χ0n) is 18.7. The van der Waals surface area contributed by atoms with E-state index in [1.54, 1.807) is 6.92 Å². The van der Waals surface area contributed by atoms with E-state index in [9.17, 15) is 24.6 Å². The molecule has 0 unspecified atom stereocenters. The maximum absolute atomic E-state index is 13.0. The second kappa shape index (κ2) is 8.98. The third kappa shape index (κ3) is 4.19. The highest BCUT2D eigenvalue weighted by Gasteiger charge is 2.60. The first-order chi connectivity index (χ1) is 16.1. The van der Waals surface area contributed by atoms with Crippen LogP contribution >= 0.6 is 0 Å². The summed E-state index contributed by atoms with van der Waals surface area (Å²) in [5.41, 5.74) is 5.93. The number of nitrogens with two attached hydrogens (primary N) is 1. The summed E-state index contributed by atoms with van der Waals surface area (Å²) < 4.78 is 1.26. The van der Waals surface area contributed by atoms with Crippen molar-refractivity contribution in [3.8, 4) is 0 Å². The molecule has 0 aromatic carbocycles. The fraction of sp³-hybridized carbons (Fsp3) is 0.632. The summed E-state index contributed by atoms with van der Waals surface area (Å²) in [6, 6.07) is -1.35. The quantitative estimate of drug-likeness (QED) is 0.123. The number of carbonyl (C=O) groups is 3. The number of nitrogens with zero attached hydrogens (tertiary/aromatic N) is 6. The maximum atomic E-state index is 13.0. The van der Waals surface area contributed by atoms with Gasteiger partial charge in [0.05, 0.1) is 24.1 Å². The van der Waals surface area contributed by atoms with Crippen LogP contribution < -0.4 is 16.4 Å². The molecule has 3 aliphatic rings. The SMILES string of the molecule is C[C@@H](NC(=O)Cn1cnnn1)[C@H]1C(=O)N2C(C(=O)O)=C(CN3C[C@H](NC(=N)N)[C@@H](O)C3)[C@H](C)[C@H]12. The number of β-lactam (4-membered cyclic amide) rings is 1. The summed E-state index contributed by atoms with van der Waals surface area (Å²) in [6.45, 7) is 4.39. The van der Waals surface area contributed by atoms with Gasteiger partial charge >= 0.3 is 5.97 Å². The number of guanidine groups is 1. The molecule has 15 heteroatoms. The Bertz CT molecular complexity index is 1030. The highest BCUT2D eigenvalue weighted by molar-refractivity contribution is 6.00. The fourth-order valence-corrected chi connectivity index (χ4v) is 5.24. The minimum absolute atomic E-state index is 0.0385. The first-order valence-electron chi connectivity index (χ1n) is 10.9. The Labute approximate surface area is 194 Å². The highest BCUT2D eigenvalue weighted by Crippen LogP contribution is 2.47. The van der Waals surface area contributed by atoms with E-state index in [2.05, 4.69) is 26.2 Å². The Balaban J connectivity index is 1.45. The zero-order valence-corrected chi connectivity index (χ0v) is 18.7. The molecule has 0 saturated carbocycles. The number of aliphatic hydroxyl groups is 1. The van der Waals surface area contributed by atoms with Crippen LogP contribution in [0.3, 0.4) is 0 Å². The molecule has 184 valence electrons. The first kappa shape index (κ1) is 23.6. The van der Waals surface area contributed by atoms with E-state index < -0.39 is 36.1 Å². The van der Waals surface area contributed by atoms with Crippen LogP contribution in [0.5, 0.6) is 0 Å². The van der Waals surface area contributed by atoms with Crippen molar-refractivity contribution < 1.29 is 24.6 Å². The van der Waals surface area contributed by atoms with E-state index in [0.717, 1.165) is 0 Å². The van der Waals surface area contributed by atoms with Gasteiger partial charge in [-0.3, -0.25) is 19.9 Å². The van der Waals surface area contributed by atoms with Crippen LogP contribution in [0.25, 0.3) is 0 Å². The van der Waals surface area contributed by atoms with Crippen molar-refractivity contribution in [1.29, 1.82) is 5.41 Å². The van der Waals surface area contributed by atoms with Gasteiger partial charge in [0.15, 0.2) is 5.96 Å². The predicted molar refractivity (Wildman–Crippen MR) is 115 cm³/mol. The Morgan fingerprint density at radius 3 is 2.74 bits per heavy atom. The molecule has 0 spiro atoms. The van der Waals surface area contributed by atoms with Crippen molar-refractivity contribution in [2.75, 3.05) is 19.6 Å². The van der Waals surface area contributed by atoms with Gasteiger partial charge in [-0.1, -0.05) is 6.92 Å². The molecule has 2 fully saturated rings. The second-order valence-corrected chi connectivity index (χ2v) is 8.98. The number of β-amino-alcohol motifs (C(OH)–C–C–N with tert-alkyl or cyclic N) is 1. The number of hydrogen-bond donors (Lipinski definition) is 6. The molecule has 4 rings (SSSR count). The van der Waals surface area contributed by atoms with Crippen LogP contribution in [0.4, 0.5) is 0 Å². The van der Waals surface area contributed by atoms with Crippen LogP contribution in [0.2, 0.25) is 0 Å². The number of carbonyl (C=O) groups excluding carboxylic acids is 2. The lowest BCUT2D eigenvalue weighted by Gasteiger charge is -2.47. The molecule has 0 aliphatic carbocycles. The molecule has 6 atom stereocenters. The number of amides is 2. The average molecular weight is 476 g/mol. The molecule has 0 bridgehead atoms. The van der Waals surface area contributed by atoms with E-state index in [4.69, 9.17) is 11.1 Å². The molecule has 3 aliphatic heterocycles. The van der Waals surface area contributed by atoms with Crippen molar-refractivity contribution in [2.24, 2.45) is 17.6 Å². The van der Waals surface area contributed by atoms with E-state index >= 15 is 0 Å². The van der Waals surface area contributed by atoms with Crippen molar-refractivity contribution in [2.45, 2.75) is 44.6 Å². The third-order valence-electron chi connectivity index (χ3n) is 6.72. The number of fused-ring (bicyclic) bond motifs is 1. The molecular weight excluding hydrogens is 448 g/mol. The van der Waals surface area contributed by atoms with Gasteiger partial charge in [0, 0.05) is 31.6 Å². The minimum atomic E-state index is -1.19. The lowest BCUT2D eigenvalue weighted by atomic mass is 9.76. The van der Waals surface area contributed by atoms with Gasteiger partial charge in [0.1, 0.15) is 18.6 Å². The minimum Gasteiger partial charge on any atom is -0.477 e. The number of tetrazole rings is 1.